The summed E-state index contributed by atoms with van der Waals surface area (Å²) in [5.41, 5.74) is -1.05. The van der Waals surface area contributed by atoms with Crippen LogP contribution in [0.1, 0.15) is 127 Å². The zero-order valence-electron chi connectivity index (χ0n) is 30.4. The molecule has 270 valence electrons. The van der Waals surface area contributed by atoms with Crippen LogP contribution in [0.4, 0.5) is 0 Å². The minimum atomic E-state index is -1.79. The number of ether oxygens (including phenoxy) is 4. The Bertz CT molecular complexity index is 1380. The number of carbonyl (C=O) groups excluding carboxylic acids is 2. The Balaban J connectivity index is 1.34. The van der Waals surface area contributed by atoms with E-state index in [1.807, 2.05) is 0 Å². The van der Waals surface area contributed by atoms with E-state index in [9.17, 15) is 29.7 Å². The van der Waals surface area contributed by atoms with Crippen molar-refractivity contribution >= 4 is 17.9 Å². The Labute approximate surface area is 285 Å². The van der Waals surface area contributed by atoms with E-state index >= 15 is 0 Å². The number of carboxylic acids is 1. The lowest BCUT2D eigenvalue weighted by Crippen LogP contribution is -2.63. The molecule has 6 rings (SSSR count). The molecule has 0 aromatic heterocycles. The molecule has 3 N–H and O–H groups in total. The number of aliphatic hydroxyl groups excluding tert-OH is 1. The van der Waals surface area contributed by atoms with Crippen molar-refractivity contribution in [1.82, 2.24) is 0 Å². The molecule has 2 bridgehead atoms. The molecule has 2 aliphatic heterocycles. The van der Waals surface area contributed by atoms with Gasteiger partial charge in [0.15, 0.2) is 6.29 Å². The molecule has 10 heteroatoms. The lowest BCUT2D eigenvalue weighted by Gasteiger charge is -2.64. The molecule has 2 saturated carbocycles. The van der Waals surface area contributed by atoms with Crippen LogP contribution in [-0.2, 0) is 33.3 Å². The van der Waals surface area contributed by atoms with Gasteiger partial charge in [0.05, 0.1) is 36.3 Å². The second-order valence-electron chi connectivity index (χ2n) is 18.2. The monoisotopic (exact) mass is 674 g/mol. The number of hydrogen-bond donors (Lipinski definition) is 3. The van der Waals surface area contributed by atoms with Gasteiger partial charge in [-0.1, -0.05) is 45.8 Å². The van der Waals surface area contributed by atoms with Gasteiger partial charge in [0.25, 0.3) is 0 Å². The van der Waals surface area contributed by atoms with Crippen LogP contribution in [0.15, 0.2) is 11.1 Å². The minimum Gasteiger partial charge on any atom is -0.481 e. The SMILES string of the molecule is CC(=O)O[C@H]1[C@H](OC(=O)CC(C)(O)CC(=O)O)C[C@]2(C)C3=C(CCC2C1(C)C)[C@]1(C)CC[C@H](C2CC[C@@H]4O[C@H]2OC4(C)C)[C@@]1(C)[C@@H](O)C3. The van der Waals surface area contributed by atoms with Crippen LogP contribution in [0.25, 0.3) is 0 Å². The number of aliphatic carboxylic acids is 1. The van der Waals surface area contributed by atoms with Gasteiger partial charge < -0.3 is 34.3 Å². The molecule has 3 unspecified atom stereocenters. The maximum absolute atomic E-state index is 13.3. The number of fused-ring (bicyclic) bond motifs is 6. The molecule has 48 heavy (non-hydrogen) atoms. The predicted octanol–water partition coefficient (Wildman–Crippen LogP) is 5.71. The third-order valence-corrected chi connectivity index (χ3v) is 14.5. The first kappa shape index (κ1) is 35.8. The Morgan fingerprint density at radius 1 is 0.958 bits per heavy atom. The van der Waals surface area contributed by atoms with Gasteiger partial charge in [-0.05, 0) is 94.8 Å². The minimum absolute atomic E-state index is 0.0910. The van der Waals surface area contributed by atoms with E-state index in [0.29, 0.717) is 12.8 Å². The third kappa shape index (κ3) is 5.37. The predicted molar refractivity (Wildman–Crippen MR) is 175 cm³/mol. The summed E-state index contributed by atoms with van der Waals surface area (Å²) in [5, 5.41) is 32.2. The summed E-state index contributed by atoms with van der Waals surface area (Å²) in [4.78, 5) is 37.0. The van der Waals surface area contributed by atoms with Crippen molar-refractivity contribution in [2.45, 2.75) is 168 Å². The molecule has 0 aromatic rings. The maximum Gasteiger partial charge on any atom is 0.309 e. The quantitative estimate of drug-likeness (QED) is 0.227. The summed E-state index contributed by atoms with van der Waals surface area (Å²) in [6.07, 6.45) is 3.32. The van der Waals surface area contributed by atoms with Crippen molar-refractivity contribution in [3.8, 4) is 0 Å². The first-order valence-corrected chi connectivity index (χ1v) is 18.1. The van der Waals surface area contributed by atoms with Gasteiger partial charge in [0.2, 0.25) is 0 Å². The molecule has 12 atom stereocenters. The maximum atomic E-state index is 13.3. The molecular formula is C38H58O10. The zero-order valence-corrected chi connectivity index (χ0v) is 30.4. The van der Waals surface area contributed by atoms with Gasteiger partial charge in [0.1, 0.15) is 12.2 Å². The van der Waals surface area contributed by atoms with Crippen molar-refractivity contribution in [2.24, 2.45) is 39.4 Å². The molecule has 2 saturated heterocycles. The number of hydrogen-bond acceptors (Lipinski definition) is 9. The highest BCUT2D eigenvalue weighted by atomic mass is 16.7. The van der Waals surface area contributed by atoms with Crippen molar-refractivity contribution < 1.29 is 48.7 Å². The number of carboxylic acid groups (broad SMARTS) is 1. The highest BCUT2D eigenvalue weighted by molar-refractivity contribution is 5.74. The van der Waals surface area contributed by atoms with E-state index in [-0.39, 0.29) is 46.6 Å². The van der Waals surface area contributed by atoms with E-state index in [0.717, 1.165) is 38.5 Å². The van der Waals surface area contributed by atoms with E-state index in [2.05, 4.69) is 48.5 Å². The van der Waals surface area contributed by atoms with Gasteiger partial charge in [-0.3, -0.25) is 14.4 Å². The van der Waals surface area contributed by atoms with Gasteiger partial charge >= 0.3 is 17.9 Å². The smallest absolute Gasteiger partial charge is 0.309 e. The fourth-order valence-corrected chi connectivity index (χ4v) is 12.1. The molecule has 0 aromatic carbocycles. The van der Waals surface area contributed by atoms with Crippen molar-refractivity contribution in [3.05, 3.63) is 11.1 Å². The molecule has 6 aliphatic rings. The van der Waals surface area contributed by atoms with Crippen LogP contribution in [0, 0.1) is 39.4 Å². The Hall–Kier alpha value is -2.01. The van der Waals surface area contributed by atoms with E-state index in [1.54, 1.807) is 0 Å². The molecule has 4 aliphatic carbocycles. The van der Waals surface area contributed by atoms with Gasteiger partial charge in [0, 0.05) is 23.7 Å². The summed E-state index contributed by atoms with van der Waals surface area (Å²) < 4.78 is 24.9. The zero-order chi connectivity index (χ0) is 35.4. The second kappa shape index (κ2) is 11.5. The summed E-state index contributed by atoms with van der Waals surface area (Å²) in [6.45, 7) is 17.9. The molecule has 0 amide bonds. The average Bonchev–Trinajstić information content (AvgIpc) is 3.35. The summed E-state index contributed by atoms with van der Waals surface area (Å²) in [7, 11) is 0. The topological polar surface area (TPSA) is 149 Å². The normalized spacial score (nSPS) is 45.3. The summed E-state index contributed by atoms with van der Waals surface area (Å²) >= 11 is 0. The number of carbonyl (C=O) groups is 3. The molecular weight excluding hydrogens is 616 g/mol. The lowest BCUT2D eigenvalue weighted by atomic mass is 9.42. The highest BCUT2D eigenvalue weighted by Gasteiger charge is 2.69. The van der Waals surface area contributed by atoms with Crippen LogP contribution >= 0.6 is 0 Å². The van der Waals surface area contributed by atoms with Crippen LogP contribution in [-0.4, -0.2) is 75.1 Å². The number of esters is 2. The number of allylic oxidation sites excluding steroid dienone is 1. The van der Waals surface area contributed by atoms with E-state index < -0.39 is 65.5 Å². The summed E-state index contributed by atoms with van der Waals surface area (Å²) in [6, 6.07) is 0. The first-order valence-electron chi connectivity index (χ1n) is 18.1. The fraction of sp³-hybridized carbons (Fsp3) is 0.868. The van der Waals surface area contributed by atoms with Gasteiger partial charge in [-0.2, -0.15) is 0 Å². The molecule has 4 fully saturated rings. The third-order valence-electron chi connectivity index (χ3n) is 14.5. The lowest BCUT2D eigenvalue weighted by molar-refractivity contribution is -0.209. The van der Waals surface area contributed by atoms with E-state index in [4.69, 9.17) is 18.9 Å². The van der Waals surface area contributed by atoms with Gasteiger partial charge in [-0.25, -0.2) is 0 Å². The fourth-order valence-electron chi connectivity index (χ4n) is 12.1. The van der Waals surface area contributed by atoms with Crippen LogP contribution in [0.2, 0.25) is 0 Å². The first-order chi connectivity index (χ1) is 22.1. The van der Waals surface area contributed by atoms with Crippen molar-refractivity contribution in [1.29, 1.82) is 0 Å². The number of aliphatic hydroxyl groups is 2. The molecule has 0 radical (unpaired) electrons. The molecule has 10 nitrogen and oxygen atoms in total. The Kier molecular flexibility index (Phi) is 8.58. The van der Waals surface area contributed by atoms with Gasteiger partial charge in [-0.15, -0.1) is 0 Å². The molecule has 0 spiro atoms. The largest absolute Gasteiger partial charge is 0.481 e. The van der Waals surface area contributed by atoms with Crippen molar-refractivity contribution in [3.63, 3.8) is 0 Å². The van der Waals surface area contributed by atoms with Crippen molar-refractivity contribution in [2.75, 3.05) is 0 Å². The van der Waals surface area contributed by atoms with Crippen LogP contribution < -0.4 is 0 Å². The Morgan fingerprint density at radius 2 is 1.65 bits per heavy atom. The van der Waals surface area contributed by atoms with Crippen LogP contribution in [0.5, 0.6) is 0 Å². The highest BCUT2D eigenvalue weighted by Crippen LogP contribution is 2.73. The Morgan fingerprint density at radius 3 is 2.29 bits per heavy atom. The number of rotatable bonds is 7. The summed E-state index contributed by atoms with van der Waals surface area (Å²) in [5.74, 6) is -1.85. The second-order valence-corrected chi connectivity index (χ2v) is 18.2. The van der Waals surface area contributed by atoms with E-state index in [1.165, 1.54) is 25.0 Å². The average molecular weight is 675 g/mol. The standard InChI is InChI=1S/C38H58O10/c1-20(39)45-31-25(46-30(43)19-35(6,44)18-29(41)42)17-36(7)24-16-27(40)38(9)22(21-10-13-28-34(4,5)48-32(21)47-28)14-15-37(38,8)23(24)11-12-26(36)33(31,2)3/h21-22,25-28,31-32,40,44H,10-19H2,1-9H3,(H,41,42)/t21?,22-,25-,26?,27+,28+,31+,32+,35?,36-,37+,38+/m1/s1. The van der Waals surface area contributed by atoms with Crippen LogP contribution in [0.3, 0.4) is 0 Å². The molecule has 2 heterocycles.